The summed E-state index contributed by atoms with van der Waals surface area (Å²) in [6, 6.07) is 5.17. The first-order chi connectivity index (χ1) is 15.4. The fourth-order valence-electron chi connectivity index (χ4n) is 3.29. The molecule has 3 aromatic rings. The summed E-state index contributed by atoms with van der Waals surface area (Å²) in [5.41, 5.74) is 2.79. The molecule has 0 fully saturated rings. The number of esters is 1. The summed E-state index contributed by atoms with van der Waals surface area (Å²) in [6.45, 7) is 3.38. The predicted octanol–water partition coefficient (Wildman–Crippen LogP) is 4.02. The minimum atomic E-state index is -0.638. The van der Waals surface area contributed by atoms with E-state index in [0.717, 1.165) is 16.5 Å². The van der Waals surface area contributed by atoms with E-state index in [4.69, 9.17) is 18.9 Å². The minimum Gasteiger partial charge on any atom is -0.493 e. The van der Waals surface area contributed by atoms with Crippen molar-refractivity contribution >= 4 is 29.2 Å². The van der Waals surface area contributed by atoms with Crippen LogP contribution in [0.3, 0.4) is 0 Å². The molecule has 1 aromatic carbocycles. The van der Waals surface area contributed by atoms with Crippen molar-refractivity contribution in [1.29, 1.82) is 0 Å². The standard InChI is InChI=1S/C23H24N2O6S/c1-14-10-17(15(2)25(14)23-24-8-9-32-23)18(26)13-31-21(27)7-6-16-11-19(28-3)22(30-5)20(12-16)29-4/h6-12H,13H2,1-5H3/b7-6+. The van der Waals surface area contributed by atoms with Crippen molar-refractivity contribution in [3.05, 3.63) is 58.4 Å². The number of aryl methyl sites for hydroxylation is 1. The Bertz CT molecular complexity index is 1120. The lowest BCUT2D eigenvalue weighted by atomic mass is 10.1. The van der Waals surface area contributed by atoms with Crippen LogP contribution in [0.15, 0.2) is 35.9 Å². The number of rotatable bonds is 9. The van der Waals surface area contributed by atoms with Crippen LogP contribution >= 0.6 is 11.3 Å². The van der Waals surface area contributed by atoms with Crippen LogP contribution in [0, 0.1) is 13.8 Å². The fourth-order valence-corrected chi connectivity index (χ4v) is 4.04. The van der Waals surface area contributed by atoms with Gasteiger partial charge in [-0.2, -0.15) is 0 Å². The van der Waals surface area contributed by atoms with Crippen molar-refractivity contribution < 1.29 is 28.5 Å². The first-order valence-corrected chi connectivity index (χ1v) is 10.5. The molecular weight excluding hydrogens is 432 g/mol. The second-order valence-corrected chi connectivity index (χ2v) is 7.63. The van der Waals surface area contributed by atoms with E-state index in [1.165, 1.54) is 38.7 Å². The van der Waals surface area contributed by atoms with Crippen molar-refractivity contribution in [2.75, 3.05) is 27.9 Å². The van der Waals surface area contributed by atoms with E-state index in [0.29, 0.717) is 28.4 Å². The molecule has 0 aliphatic carbocycles. The molecule has 0 radical (unpaired) electrons. The molecule has 32 heavy (non-hydrogen) atoms. The third kappa shape index (κ3) is 4.83. The van der Waals surface area contributed by atoms with Crippen molar-refractivity contribution in [3.63, 3.8) is 0 Å². The number of thiazole rings is 1. The maximum Gasteiger partial charge on any atom is 0.331 e. The van der Waals surface area contributed by atoms with Crippen molar-refractivity contribution in [3.8, 4) is 22.4 Å². The highest BCUT2D eigenvalue weighted by Crippen LogP contribution is 2.38. The van der Waals surface area contributed by atoms with Gasteiger partial charge in [0.25, 0.3) is 0 Å². The van der Waals surface area contributed by atoms with E-state index in [-0.39, 0.29) is 12.4 Å². The number of hydrogen-bond donors (Lipinski definition) is 0. The van der Waals surface area contributed by atoms with Crippen molar-refractivity contribution in [1.82, 2.24) is 9.55 Å². The molecule has 8 nitrogen and oxygen atoms in total. The van der Waals surface area contributed by atoms with E-state index >= 15 is 0 Å². The monoisotopic (exact) mass is 456 g/mol. The first kappa shape index (κ1) is 23.1. The van der Waals surface area contributed by atoms with Gasteiger partial charge in [0.2, 0.25) is 11.5 Å². The molecule has 0 atom stereocenters. The SMILES string of the molecule is COc1cc(/C=C/C(=O)OCC(=O)c2cc(C)n(-c3nccs3)c2C)cc(OC)c1OC. The number of nitrogens with zero attached hydrogens (tertiary/aromatic N) is 2. The zero-order valence-electron chi connectivity index (χ0n) is 18.5. The summed E-state index contributed by atoms with van der Waals surface area (Å²) >= 11 is 1.48. The number of carbonyl (C=O) groups is 2. The van der Waals surface area contributed by atoms with Crippen molar-refractivity contribution in [2.45, 2.75) is 13.8 Å². The number of carbonyl (C=O) groups excluding carboxylic acids is 2. The summed E-state index contributed by atoms with van der Waals surface area (Å²) in [4.78, 5) is 29.1. The number of Topliss-reactive ketones (excluding diaryl/α,β-unsaturated/α-hetero) is 1. The lowest BCUT2D eigenvalue weighted by molar-refractivity contribution is -0.136. The number of ketones is 1. The molecule has 0 saturated heterocycles. The highest BCUT2D eigenvalue weighted by molar-refractivity contribution is 7.12. The number of benzene rings is 1. The highest BCUT2D eigenvalue weighted by atomic mass is 32.1. The number of methoxy groups -OCH3 is 3. The van der Waals surface area contributed by atoms with E-state index in [1.54, 1.807) is 30.5 Å². The fraction of sp³-hybridized carbons (Fsp3) is 0.261. The molecule has 0 aliphatic rings. The largest absolute Gasteiger partial charge is 0.493 e. The molecule has 0 spiro atoms. The zero-order valence-corrected chi connectivity index (χ0v) is 19.3. The molecular formula is C23H24N2O6S. The van der Waals surface area contributed by atoms with Gasteiger partial charge in [0.1, 0.15) is 0 Å². The second-order valence-electron chi connectivity index (χ2n) is 6.76. The van der Waals surface area contributed by atoms with Gasteiger partial charge >= 0.3 is 5.97 Å². The smallest absolute Gasteiger partial charge is 0.331 e. The summed E-state index contributed by atoms with van der Waals surface area (Å²) in [5, 5.41) is 2.65. The van der Waals surface area contributed by atoms with Crippen LogP contribution in [0.5, 0.6) is 17.2 Å². The average molecular weight is 457 g/mol. The van der Waals surface area contributed by atoms with E-state index in [9.17, 15) is 9.59 Å². The van der Waals surface area contributed by atoms with E-state index < -0.39 is 5.97 Å². The Kier molecular flexibility index (Phi) is 7.32. The number of ether oxygens (including phenoxy) is 4. The average Bonchev–Trinajstić information content (AvgIpc) is 3.42. The molecule has 0 bridgehead atoms. The highest BCUT2D eigenvalue weighted by Gasteiger charge is 2.19. The van der Waals surface area contributed by atoms with Gasteiger partial charge in [0.15, 0.2) is 23.2 Å². The summed E-state index contributed by atoms with van der Waals surface area (Å²) < 4.78 is 22.9. The molecule has 0 amide bonds. The van der Waals surface area contributed by atoms with Crippen LogP contribution in [0.25, 0.3) is 11.2 Å². The van der Waals surface area contributed by atoms with Gasteiger partial charge in [-0.25, -0.2) is 9.78 Å². The lowest BCUT2D eigenvalue weighted by Gasteiger charge is -2.12. The molecule has 9 heteroatoms. The van der Waals surface area contributed by atoms with Crippen LogP contribution in [0.4, 0.5) is 0 Å². The summed E-state index contributed by atoms with van der Waals surface area (Å²) in [5.74, 6) is 0.461. The van der Waals surface area contributed by atoms with E-state index in [1.807, 2.05) is 23.8 Å². The zero-order chi connectivity index (χ0) is 23.3. The molecule has 0 aliphatic heterocycles. The van der Waals surface area contributed by atoms with Gasteiger partial charge in [0.05, 0.1) is 21.3 Å². The predicted molar refractivity (Wildman–Crippen MR) is 121 cm³/mol. The molecule has 168 valence electrons. The molecule has 2 heterocycles. The Morgan fingerprint density at radius 3 is 2.31 bits per heavy atom. The van der Waals surface area contributed by atoms with Crippen LogP contribution in [-0.2, 0) is 9.53 Å². The Morgan fingerprint density at radius 2 is 1.75 bits per heavy atom. The number of aromatic nitrogens is 2. The van der Waals surface area contributed by atoms with Gasteiger partial charge in [-0.1, -0.05) is 0 Å². The Hall–Kier alpha value is -3.59. The van der Waals surface area contributed by atoms with Crippen molar-refractivity contribution in [2.24, 2.45) is 0 Å². The molecule has 2 aromatic heterocycles. The Labute approximate surface area is 190 Å². The third-order valence-electron chi connectivity index (χ3n) is 4.79. The normalized spacial score (nSPS) is 10.9. The molecule has 3 rings (SSSR count). The summed E-state index contributed by atoms with van der Waals surface area (Å²) in [6.07, 6.45) is 4.50. The molecule has 0 unspecified atom stereocenters. The first-order valence-electron chi connectivity index (χ1n) is 9.66. The van der Waals surface area contributed by atoms with Crippen LogP contribution in [0.2, 0.25) is 0 Å². The minimum absolute atomic E-state index is 0.282. The van der Waals surface area contributed by atoms with Gasteiger partial charge in [-0.15, -0.1) is 11.3 Å². The van der Waals surface area contributed by atoms with Gasteiger partial charge in [0, 0.05) is 34.6 Å². The van der Waals surface area contributed by atoms with Gasteiger partial charge < -0.3 is 18.9 Å². The topological polar surface area (TPSA) is 88.9 Å². The third-order valence-corrected chi connectivity index (χ3v) is 5.54. The molecule has 0 N–H and O–H groups in total. The van der Waals surface area contributed by atoms with Gasteiger partial charge in [-0.05, 0) is 43.7 Å². The maximum atomic E-state index is 12.6. The van der Waals surface area contributed by atoms with E-state index in [2.05, 4.69) is 4.98 Å². The Morgan fingerprint density at radius 1 is 1.06 bits per heavy atom. The quantitative estimate of drug-likeness (QED) is 0.273. The van der Waals surface area contributed by atoms with Crippen LogP contribution in [0.1, 0.15) is 27.3 Å². The lowest BCUT2D eigenvalue weighted by Crippen LogP contribution is -2.13. The summed E-state index contributed by atoms with van der Waals surface area (Å²) in [7, 11) is 4.53. The van der Waals surface area contributed by atoms with Gasteiger partial charge in [-0.3, -0.25) is 9.36 Å². The van der Waals surface area contributed by atoms with Crippen LogP contribution < -0.4 is 14.2 Å². The molecule has 0 saturated carbocycles. The Balaban J connectivity index is 1.67. The number of hydrogen-bond acceptors (Lipinski definition) is 8. The second kappa shape index (κ2) is 10.1. The maximum absolute atomic E-state index is 12.6. The van der Waals surface area contributed by atoms with Crippen LogP contribution in [-0.4, -0.2) is 49.2 Å².